The molecule has 1 aliphatic rings. The number of amides is 1. The number of rotatable bonds is 2. The van der Waals surface area contributed by atoms with Gasteiger partial charge in [0, 0.05) is 10.9 Å². The minimum Gasteiger partial charge on any atom is -0.294 e. The molecule has 1 saturated carbocycles. The molecular weight excluding hydrogens is 235 g/mol. The molecule has 2 unspecified atom stereocenters. The van der Waals surface area contributed by atoms with Gasteiger partial charge in [-0.25, -0.2) is 5.84 Å². The van der Waals surface area contributed by atoms with Gasteiger partial charge in [-0.3, -0.25) is 10.2 Å². The Balaban J connectivity index is 0.00000112. The van der Waals surface area contributed by atoms with Gasteiger partial charge >= 0.3 is 0 Å². The van der Waals surface area contributed by atoms with Crippen LogP contribution in [-0.2, 0) is 4.79 Å². The first-order chi connectivity index (χ1) is 6.72. The summed E-state index contributed by atoms with van der Waals surface area (Å²) in [4.78, 5) is 11.2. The van der Waals surface area contributed by atoms with Crippen LogP contribution in [0.25, 0.3) is 0 Å². The van der Waals surface area contributed by atoms with E-state index in [9.17, 15) is 4.79 Å². The van der Waals surface area contributed by atoms with Crippen molar-refractivity contribution in [2.45, 2.75) is 12.3 Å². The number of nitrogens with one attached hydrogen (secondary N) is 1. The minimum absolute atomic E-state index is 0. The normalized spacial score (nSPS) is 22.8. The predicted octanol–water partition coefficient (Wildman–Crippen LogP) is 1.86. The van der Waals surface area contributed by atoms with E-state index in [0.29, 0.717) is 10.9 Å². The molecule has 5 heteroatoms. The number of carbonyl (C=O) groups is 1. The number of carbonyl (C=O) groups excluding carboxylic acids is 1. The zero-order valence-electron chi connectivity index (χ0n) is 7.94. The van der Waals surface area contributed by atoms with Crippen LogP contribution < -0.4 is 11.3 Å². The molecule has 3 N–H and O–H groups in total. The average molecular weight is 247 g/mol. The Hall–Kier alpha value is -0.770. The first-order valence-corrected chi connectivity index (χ1v) is 4.86. The van der Waals surface area contributed by atoms with E-state index in [1.165, 1.54) is 0 Å². The maximum atomic E-state index is 11.2. The van der Waals surface area contributed by atoms with Crippen molar-refractivity contribution in [1.82, 2.24) is 5.43 Å². The molecule has 2 rings (SSSR count). The van der Waals surface area contributed by atoms with Crippen LogP contribution >= 0.6 is 24.0 Å². The minimum atomic E-state index is -0.0788. The third kappa shape index (κ3) is 2.62. The first kappa shape index (κ1) is 12.3. The Labute approximate surface area is 99.4 Å². The van der Waals surface area contributed by atoms with Crippen LogP contribution in [0, 0.1) is 5.92 Å². The van der Waals surface area contributed by atoms with Crippen molar-refractivity contribution in [1.29, 1.82) is 0 Å². The molecule has 1 aliphatic carbocycles. The van der Waals surface area contributed by atoms with E-state index in [1.54, 1.807) is 0 Å². The zero-order chi connectivity index (χ0) is 10.1. The summed E-state index contributed by atoms with van der Waals surface area (Å²) in [6.45, 7) is 0. The van der Waals surface area contributed by atoms with Crippen LogP contribution in [-0.4, -0.2) is 5.91 Å². The van der Waals surface area contributed by atoms with E-state index in [4.69, 9.17) is 17.4 Å². The molecule has 2 atom stereocenters. The SMILES string of the molecule is Cl.NNC(=O)C1CC1c1ccc(Cl)cc1. The lowest BCUT2D eigenvalue weighted by Gasteiger charge is -1.99. The van der Waals surface area contributed by atoms with Gasteiger partial charge in [0.05, 0.1) is 0 Å². The predicted molar refractivity (Wildman–Crippen MR) is 61.9 cm³/mol. The fraction of sp³-hybridized carbons (Fsp3) is 0.300. The third-order valence-electron chi connectivity index (χ3n) is 2.57. The first-order valence-electron chi connectivity index (χ1n) is 4.48. The molecule has 1 aromatic carbocycles. The van der Waals surface area contributed by atoms with Gasteiger partial charge in [0.25, 0.3) is 0 Å². The zero-order valence-corrected chi connectivity index (χ0v) is 9.52. The van der Waals surface area contributed by atoms with E-state index in [0.717, 1.165) is 12.0 Å². The van der Waals surface area contributed by atoms with Gasteiger partial charge in [-0.1, -0.05) is 23.7 Å². The fourth-order valence-corrected chi connectivity index (χ4v) is 1.80. The monoisotopic (exact) mass is 246 g/mol. The van der Waals surface area contributed by atoms with Crippen LogP contribution in [0.5, 0.6) is 0 Å². The summed E-state index contributed by atoms with van der Waals surface area (Å²) >= 11 is 5.76. The summed E-state index contributed by atoms with van der Waals surface area (Å²) < 4.78 is 0. The van der Waals surface area contributed by atoms with Crippen molar-refractivity contribution in [2.24, 2.45) is 11.8 Å². The summed E-state index contributed by atoms with van der Waals surface area (Å²) in [6, 6.07) is 7.59. The third-order valence-corrected chi connectivity index (χ3v) is 2.82. The van der Waals surface area contributed by atoms with E-state index in [-0.39, 0.29) is 24.2 Å². The molecule has 0 spiro atoms. The quantitative estimate of drug-likeness (QED) is 0.476. The summed E-state index contributed by atoms with van der Waals surface area (Å²) in [5.74, 6) is 5.34. The van der Waals surface area contributed by atoms with Crippen LogP contribution in [0.15, 0.2) is 24.3 Å². The molecule has 0 aliphatic heterocycles. The van der Waals surface area contributed by atoms with Gasteiger partial charge in [-0.15, -0.1) is 12.4 Å². The highest BCUT2D eigenvalue weighted by molar-refractivity contribution is 6.30. The molecule has 1 fully saturated rings. The Morgan fingerprint density at radius 3 is 2.53 bits per heavy atom. The van der Waals surface area contributed by atoms with Crippen molar-refractivity contribution in [2.75, 3.05) is 0 Å². The Kier molecular flexibility index (Phi) is 3.97. The maximum Gasteiger partial charge on any atom is 0.237 e. The number of hydrazine groups is 1. The van der Waals surface area contributed by atoms with Crippen molar-refractivity contribution in [3.63, 3.8) is 0 Å². The van der Waals surface area contributed by atoms with Gasteiger partial charge in [-0.05, 0) is 30.0 Å². The standard InChI is InChI=1S/C10H11ClN2O.ClH/c11-7-3-1-6(2-4-7)8-5-9(8)10(14)13-12;/h1-4,8-9H,5,12H2,(H,13,14);1H. The smallest absolute Gasteiger partial charge is 0.237 e. The van der Waals surface area contributed by atoms with Gasteiger partial charge in [-0.2, -0.15) is 0 Å². The van der Waals surface area contributed by atoms with Crippen LogP contribution in [0.1, 0.15) is 17.9 Å². The maximum absolute atomic E-state index is 11.2. The van der Waals surface area contributed by atoms with Crippen molar-refractivity contribution in [3.05, 3.63) is 34.9 Å². The largest absolute Gasteiger partial charge is 0.294 e. The Bertz CT molecular complexity index is 353. The van der Waals surface area contributed by atoms with Crippen LogP contribution in [0.2, 0.25) is 5.02 Å². The van der Waals surface area contributed by atoms with E-state index in [1.807, 2.05) is 24.3 Å². The highest BCUT2D eigenvalue weighted by Crippen LogP contribution is 2.47. The lowest BCUT2D eigenvalue weighted by molar-refractivity contribution is -0.122. The summed E-state index contributed by atoms with van der Waals surface area (Å²) in [6.07, 6.45) is 0.880. The summed E-state index contributed by atoms with van der Waals surface area (Å²) in [5.41, 5.74) is 3.33. The van der Waals surface area contributed by atoms with Gasteiger partial charge < -0.3 is 0 Å². The summed E-state index contributed by atoms with van der Waals surface area (Å²) in [7, 11) is 0. The lowest BCUT2D eigenvalue weighted by atomic mass is 10.1. The molecule has 0 aromatic heterocycles. The summed E-state index contributed by atoms with van der Waals surface area (Å²) in [5, 5.41) is 0.717. The highest BCUT2D eigenvalue weighted by Gasteiger charge is 2.43. The fourth-order valence-electron chi connectivity index (χ4n) is 1.67. The van der Waals surface area contributed by atoms with Crippen molar-refractivity contribution >= 4 is 29.9 Å². The van der Waals surface area contributed by atoms with Gasteiger partial charge in [0.15, 0.2) is 0 Å². The van der Waals surface area contributed by atoms with E-state index in [2.05, 4.69) is 5.43 Å². The number of hydrogen-bond acceptors (Lipinski definition) is 2. The number of halogens is 2. The topological polar surface area (TPSA) is 55.1 Å². The molecule has 1 aromatic rings. The Morgan fingerprint density at radius 1 is 1.40 bits per heavy atom. The second-order valence-electron chi connectivity index (χ2n) is 3.51. The van der Waals surface area contributed by atoms with Crippen LogP contribution in [0.4, 0.5) is 0 Å². The van der Waals surface area contributed by atoms with Crippen molar-refractivity contribution < 1.29 is 4.79 Å². The second kappa shape index (κ2) is 4.84. The second-order valence-corrected chi connectivity index (χ2v) is 3.95. The molecule has 0 radical (unpaired) electrons. The molecule has 1 amide bonds. The molecule has 0 bridgehead atoms. The number of benzene rings is 1. The Morgan fingerprint density at radius 2 is 2.00 bits per heavy atom. The van der Waals surface area contributed by atoms with E-state index < -0.39 is 0 Å². The lowest BCUT2D eigenvalue weighted by Crippen LogP contribution is -2.31. The van der Waals surface area contributed by atoms with Crippen molar-refractivity contribution in [3.8, 4) is 0 Å². The number of nitrogens with two attached hydrogens (primary N) is 1. The average Bonchev–Trinajstić information content (AvgIpc) is 2.98. The molecule has 82 valence electrons. The molecule has 3 nitrogen and oxygen atoms in total. The van der Waals surface area contributed by atoms with Gasteiger partial charge in [0.2, 0.25) is 5.91 Å². The molecule has 0 saturated heterocycles. The van der Waals surface area contributed by atoms with E-state index >= 15 is 0 Å². The molecular formula is C10H12Cl2N2O. The highest BCUT2D eigenvalue weighted by atomic mass is 35.5. The number of hydrogen-bond donors (Lipinski definition) is 2. The molecule has 0 heterocycles. The van der Waals surface area contributed by atoms with Gasteiger partial charge in [0.1, 0.15) is 0 Å². The molecule has 15 heavy (non-hydrogen) atoms. The van der Waals surface area contributed by atoms with Crippen LogP contribution in [0.3, 0.4) is 0 Å².